The lowest BCUT2D eigenvalue weighted by Gasteiger charge is -2.11. The molecule has 0 saturated heterocycles. The molecule has 0 saturated carbocycles. The third-order valence-electron chi connectivity index (χ3n) is 1.84. The molecule has 1 atom stereocenters. The predicted molar refractivity (Wildman–Crippen MR) is 47.5 cm³/mol. The van der Waals surface area contributed by atoms with Crippen LogP contribution < -0.4 is 5.32 Å². The molecule has 0 amide bonds. The van der Waals surface area contributed by atoms with E-state index in [9.17, 15) is 9.18 Å². The summed E-state index contributed by atoms with van der Waals surface area (Å²) in [5, 5.41) is 20.2. The number of rotatable bonds is 3. The molecule has 0 aliphatic rings. The van der Waals surface area contributed by atoms with Gasteiger partial charge in [0.05, 0.1) is 0 Å². The third-order valence-corrected chi connectivity index (χ3v) is 1.84. The lowest BCUT2D eigenvalue weighted by Crippen LogP contribution is -2.24. The SMILES string of the molecule is CNC(C(=O)O)c1ccc(O)c(F)c1. The van der Waals surface area contributed by atoms with E-state index < -0.39 is 23.6 Å². The fraction of sp³-hybridized carbons (Fsp3) is 0.222. The van der Waals surface area contributed by atoms with Gasteiger partial charge in [0, 0.05) is 0 Å². The highest BCUT2D eigenvalue weighted by Gasteiger charge is 2.18. The Labute approximate surface area is 80.0 Å². The summed E-state index contributed by atoms with van der Waals surface area (Å²) in [5.74, 6) is -2.42. The molecule has 5 heteroatoms. The molecule has 4 nitrogen and oxygen atoms in total. The molecular formula is C9H10FNO3. The zero-order valence-electron chi connectivity index (χ0n) is 7.49. The van der Waals surface area contributed by atoms with Gasteiger partial charge in [-0.15, -0.1) is 0 Å². The van der Waals surface area contributed by atoms with E-state index in [1.165, 1.54) is 13.1 Å². The Hall–Kier alpha value is -1.62. The van der Waals surface area contributed by atoms with Crippen LogP contribution in [0.15, 0.2) is 18.2 Å². The van der Waals surface area contributed by atoms with Gasteiger partial charge < -0.3 is 15.5 Å². The quantitative estimate of drug-likeness (QED) is 0.675. The Bertz CT molecular complexity index is 354. The van der Waals surface area contributed by atoms with E-state index in [2.05, 4.69) is 5.32 Å². The van der Waals surface area contributed by atoms with E-state index in [1.807, 2.05) is 0 Å². The van der Waals surface area contributed by atoms with Crippen molar-refractivity contribution in [2.24, 2.45) is 0 Å². The zero-order chi connectivity index (χ0) is 10.7. The van der Waals surface area contributed by atoms with Crippen molar-refractivity contribution in [1.82, 2.24) is 5.32 Å². The molecule has 0 spiro atoms. The third kappa shape index (κ3) is 2.00. The molecule has 0 aromatic heterocycles. The monoisotopic (exact) mass is 199 g/mol. The van der Waals surface area contributed by atoms with Gasteiger partial charge >= 0.3 is 5.97 Å². The highest BCUT2D eigenvalue weighted by molar-refractivity contribution is 5.75. The highest BCUT2D eigenvalue weighted by atomic mass is 19.1. The normalized spacial score (nSPS) is 12.4. The Morgan fingerprint density at radius 2 is 2.21 bits per heavy atom. The molecule has 3 N–H and O–H groups in total. The first-order valence-corrected chi connectivity index (χ1v) is 3.94. The van der Waals surface area contributed by atoms with Crippen LogP contribution in [0.25, 0.3) is 0 Å². The molecule has 0 aliphatic heterocycles. The average Bonchev–Trinajstić information content (AvgIpc) is 2.11. The summed E-state index contributed by atoms with van der Waals surface area (Å²) in [7, 11) is 1.46. The van der Waals surface area contributed by atoms with Crippen molar-refractivity contribution in [3.05, 3.63) is 29.6 Å². The van der Waals surface area contributed by atoms with Gasteiger partial charge in [-0.2, -0.15) is 0 Å². The first-order chi connectivity index (χ1) is 6.56. The van der Waals surface area contributed by atoms with E-state index in [-0.39, 0.29) is 5.56 Å². The van der Waals surface area contributed by atoms with Gasteiger partial charge in [-0.25, -0.2) is 4.39 Å². The number of hydrogen-bond acceptors (Lipinski definition) is 3. The van der Waals surface area contributed by atoms with E-state index in [4.69, 9.17) is 10.2 Å². The molecule has 0 bridgehead atoms. The molecule has 0 aliphatic carbocycles. The molecule has 1 aromatic rings. The van der Waals surface area contributed by atoms with Crippen molar-refractivity contribution in [2.45, 2.75) is 6.04 Å². The van der Waals surface area contributed by atoms with E-state index in [0.717, 1.165) is 12.1 Å². The van der Waals surface area contributed by atoms with Crippen molar-refractivity contribution in [2.75, 3.05) is 7.05 Å². The molecule has 76 valence electrons. The summed E-state index contributed by atoms with van der Waals surface area (Å²) in [6, 6.07) is 2.50. The van der Waals surface area contributed by atoms with Crippen molar-refractivity contribution >= 4 is 5.97 Å². The highest BCUT2D eigenvalue weighted by Crippen LogP contribution is 2.20. The van der Waals surface area contributed by atoms with Gasteiger partial charge in [-0.3, -0.25) is 4.79 Å². The number of phenols is 1. The van der Waals surface area contributed by atoms with Crippen LogP contribution in [0.3, 0.4) is 0 Å². The number of benzene rings is 1. The van der Waals surface area contributed by atoms with Gasteiger partial charge in [0.2, 0.25) is 0 Å². The minimum Gasteiger partial charge on any atom is -0.505 e. The number of carboxylic acids is 1. The first kappa shape index (κ1) is 10.5. The van der Waals surface area contributed by atoms with E-state index in [1.54, 1.807) is 0 Å². The van der Waals surface area contributed by atoms with Crippen LogP contribution in [-0.2, 0) is 4.79 Å². The van der Waals surface area contributed by atoms with Crippen LogP contribution in [-0.4, -0.2) is 23.2 Å². The second kappa shape index (κ2) is 4.06. The maximum atomic E-state index is 12.9. The average molecular weight is 199 g/mol. The second-order valence-corrected chi connectivity index (χ2v) is 2.77. The maximum Gasteiger partial charge on any atom is 0.325 e. The van der Waals surface area contributed by atoms with Crippen molar-refractivity contribution < 1.29 is 19.4 Å². The van der Waals surface area contributed by atoms with E-state index >= 15 is 0 Å². The maximum absolute atomic E-state index is 12.9. The predicted octanol–water partition coefficient (Wildman–Crippen LogP) is 0.876. The summed E-state index contributed by atoms with van der Waals surface area (Å²) in [6.07, 6.45) is 0. The lowest BCUT2D eigenvalue weighted by atomic mass is 10.1. The first-order valence-electron chi connectivity index (χ1n) is 3.94. The topological polar surface area (TPSA) is 69.6 Å². The van der Waals surface area contributed by atoms with Crippen LogP contribution in [0.5, 0.6) is 5.75 Å². The summed E-state index contributed by atoms with van der Waals surface area (Å²) in [6.45, 7) is 0. The van der Waals surface area contributed by atoms with Crippen LogP contribution in [0.1, 0.15) is 11.6 Å². The van der Waals surface area contributed by atoms with Gasteiger partial charge in [0.15, 0.2) is 11.6 Å². The number of likely N-dealkylation sites (N-methyl/N-ethyl adjacent to an activating group) is 1. The molecule has 0 heterocycles. The van der Waals surface area contributed by atoms with Crippen LogP contribution >= 0.6 is 0 Å². The molecule has 14 heavy (non-hydrogen) atoms. The fourth-order valence-corrected chi connectivity index (χ4v) is 1.14. The molecule has 1 rings (SSSR count). The van der Waals surface area contributed by atoms with Gasteiger partial charge in [-0.1, -0.05) is 6.07 Å². The van der Waals surface area contributed by atoms with Gasteiger partial charge in [-0.05, 0) is 24.7 Å². The van der Waals surface area contributed by atoms with Crippen LogP contribution in [0.2, 0.25) is 0 Å². The number of hydrogen-bond donors (Lipinski definition) is 3. The van der Waals surface area contributed by atoms with Crippen molar-refractivity contribution in [1.29, 1.82) is 0 Å². The van der Waals surface area contributed by atoms with Gasteiger partial charge in [0.1, 0.15) is 6.04 Å². The number of halogens is 1. The minimum atomic E-state index is -1.10. The molecule has 0 radical (unpaired) electrons. The number of aromatic hydroxyl groups is 1. The minimum absolute atomic E-state index is 0.260. The Balaban J connectivity index is 3.06. The summed E-state index contributed by atoms with van der Waals surface area (Å²) in [5.41, 5.74) is 0.260. The smallest absolute Gasteiger partial charge is 0.325 e. The standard InChI is InChI=1S/C9H10FNO3/c1-11-8(9(13)14)5-2-3-7(12)6(10)4-5/h2-4,8,11-12H,1H3,(H,13,14). The molecule has 1 aromatic carbocycles. The molecule has 0 fully saturated rings. The molecular weight excluding hydrogens is 189 g/mol. The number of carboxylic acid groups (broad SMARTS) is 1. The number of aliphatic carboxylic acids is 1. The fourth-order valence-electron chi connectivity index (χ4n) is 1.14. The zero-order valence-corrected chi connectivity index (χ0v) is 7.49. The summed E-state index contributed by atoms with van der Waals surface area (Å²) in [4.78, 5) is 10.7. The lowest BCUT2D eigenvalue weighted by molar-refractivity contribution is -0.139. The Kier molecular flexibility index (Phi) is 3.03. The van der Waals surface area contributed by atoms with Crippen molar-refractivity contribution in [3.63, 3.8) is 0 Å². The summed E-state index contributed by atoms with van der Waals surface area (Å²) >= 11 is 0. The van der Waals surface area contributed by atoms with E-state index in [0.29, 0.717) is 0 Å². The number of nitrogens with one attached hydrogen (secondary N) is 1. The van der Waals surface area contributed by atoms with Crippen LogP contribution in [0, 0.1) is 5.82 Å². The van der Waals surface area contributed by atoms with Crippen LogP contribution in [0.4, 0.5) is 4.39 Å². The largest absolute Gasteiger partial charge is 0.505 e. The molecule has 1 unspecified atom stereocenters. The number of carbonyl (C=O) groups is 1. The summed E-state index contributed by atoms with van der Waals surface area (Å²) < 4.78 is 12.9. The number of phenolic OH excluding ortho intramolecular Hbond substituents is 1. The Morgan fingerprint density at radius 3 is 2.64 bits per heavy atom. The van der Waals surface area contributed by atoms with Crippen molar-refractivity contribution in [3.8, 4) is 5.75 Å². The Morgan fingerprint density at radius 1 is 1.57 bits per heavy atom. The van der Waals surface area contributed by atoms with Gasteiger partial charge in [0.25, 0.3) is 0 Å². The second-order valence-electron chi connectivity index (χ2n) is 2.77.